The molecular formula is C47H48O. The zero-order valence-corrected chi connectivity index (χ0v) is 29.0. The number of phenolic OH excluding ortho intramolecular Hbond substituents is 1. The van der Waals surface area contributed by atoms with Crippen LogP contribution >= 0.6 is 0 Å². The van der Waals surface area contributed by atoms with Gasteiger partial charge in [-0.2, -0.15) is 0 Å². The summed E-state index contributed by atoms with van der Waals surface area (Å²) in [7, 11) is 0. The van der Waals surface area contributed by atoms with Crippen LogP contribution in [0.1, 0.15) is 87.5 Å². The molecule has 0 amide bonds. The molecule has 0 radical (unpaired) electrons. The van der Waals surface area contributed by atoms with Crippen LogP contribution in [0.3, 0.4) is 0 Å². The van der Waals surface area contributed by atoms with Crippen LogP contribution in [-0.2, 0) is 43.9 Å². The monoisotopic (exact) mass is 628 g/mol. The molecule has 0 spiro atoms. The standard InChI is InChI=1S/C47H48O/c1-34-28-44(33-45(46(34)48)47(2,3)4)27-12-35-10-13-37(14-11-35)30-39-19-21-41(22-20-39)32-43-25-23-42(24-26-43)31-40-17-15-38(16-18-40)29-36-8-6-5-7-9-36/h5-11,13-26,28,33,48H,12,27,29-32H2,1-4H3. The highest BCUT2D eigenvalue weighted by Gasteiger charge is 2.20. The number of aryl methyl sites for hydroxylation is 3. The normalized spacial score (nSPS) is 11.5. The summed E-state index contributed by atoms with van der Waals surface area (Å²) in [5, 5.41) is 10.6. The van der Waals surface area contributed by atoms with Gasteiger partial charge in [0.1, 0.15) is 5.75 Å². The molecular weight excluding hydrogens is 581 g/mol. The van der Waals surface area contributed by atoms with Crippen molar-refractivity contribution in [3.63, 3.8) is 0 Å². The predicted molar refractivity (Wildman–Crippen MR) is 202 cm³/mol. The number of hydrogen-bond donors (Lipinski definition) is 1. The van der Waals surface area contributed by atoms with E-state index >= 15 is 0 Å². The minimum Gasteiger partial charge on any atom is -0.507 e. The second-order valence-electron chi connectivity index (χ2n) is 14.5. The number of aromatic hydroxyl groups is 1. The molecule has 6 aromatic rings. The SMILES string of the molecule is Cc1cc(CCc2ccc(Cc3ccc(Cc4ccc(Cc5ccc(Cc6ccccc6)cc5)cc4)cc3)cc2)cc(C(C)(C)C)c1O. The van der Waals surface area contributed by atoms with Crippen LogP contribution in [0.4, 0.5) is 0 Å². The fourth-order valence-electron chi connectivity index (χ4n) is 6.55. The Kier molecular flexibility index (Phi) is 10.3. The van der Waals surface area contributed by atoms with E-state index in [9.17, 15) is 5.11 Å². The van der Waals surface area contributed by atoms with Gasteiger partial charge in [0.2, 0.25) is 0 Å². The maximum absolute atomic E-state index is 10.6. The smallest absolute Gasteiger partial charge is 0.122 e. The Bertz CT molecular complexity index is 1910. The minimum absolute atomic E-state index is 0.0754. The van der Waals surface area contributed by atoms with Gasteiger partial charge < -0.3 is 5.11 Å². The van der Waals surface area contributed by atoms with Gasteiger partial charge in [-0.05, 0) is 118 Å². The average Bonchev–Trinajstić information content (AvgIpc) is 3.08. The topological polar surface area (TPSA) is 20.2 Å². The average molecular weight is 629 g/mol. The first-order chi connectivity index (χ1) is 23.2. The molecule has 0 saturated carbocycles. The van der Waals surface area contributed by atoms with Crippen LogP contribution in [0.5, 0.6) is 5.75 Å². The molecule has 1 nitrogen and oxygen atoms in total. The van der Waals surface area contributed by atoms with Gasteiger partial charge in [-0.3, -0.25) is 0 Å². The van der Waals surface area contributed by atoms with Crippen molar-refractivity contribution in [2.75, 3.05) is 0 Å². The maximum atomic E-state index is 10.6. The van der Waals surface area contributed by atoms with E-state index in [-0.39, 0.29) is 5.41 Å². The minimum atomic E-state index is -0.0754. The molecule has 0 unspecified atom stereocenters. The summed E-state index contributed by atoms with van der Waals surface area (Å²) in [4.78, 5) is 0. The Morgan fingerprint density at radius 3 is 1.06 bits per heavy atom. The first kappa shape index (κ1) is 33.0. The molecule has 48 heavy (non-hydrogen) atoms. The Morgan fingerprint density at radius 1 is 0.396 bits per heavy atom. The molecule has 6 rings (SSSR count). The highest BCUT2D eigenvalue weighted by Crippen LogP contribution is 2.34. The van der Waals surface area contributed by atoms with Crippen molar-refractivity contribution in [1.82, 2.24) is 0 Å². The molecule has 6 aromatic carbocycles. The summed E-state index contributed by atoms with van der Waals surface area (Å²) >= 11 is 0. The molecule has 0 heterocycles. The summed E-state index contributed by atoms with van der Waals surface area (Å²) in [5.74, 6) is 0.436. The fourth-order valence-corrected chi connectivity index (χ4v) is 6.55. The number of phenols is 1. The highest BCUT2D eigenvalue weighted by atomic mass is 16.3. The van der Waals surface area contributed by atoms with Crippen LogP contribution < -0.4 is 0 Å². The quantitative estimate of drug-likeness (QED) is 0.151. The molecule has 0 atom stereocenters. The molecule has 0 fully saturated rings. The van der Waals surface area contributed by atoms with Crippen molar-refractivity contribution in [3.05, 3.63) is 206 Å². The van der Waals surface area contributed by atoms with Gasteiger partial charge >= 0.3 is 0 Å². The van der Waals surface area contributed by atoms with Crippen LogP contribution in [0.2, 0.25) is 0 Å². The van der Waals surface area contributed by atoms with E-state index in [0.717, 1.165) is 49.7 Å². The Labute approximate surface area is 288 Å². The van der Waals surface area contributed by atoms with Gasteiger partial charge in [0.15, 0.2) is 0 Å². The van der Waals surface area contributed by atoms with Crippen molar-refractivity contribution in [2.24, 2.45) is 0 Å². The van der Waals surface area contributed by atoms with E-state index in [1.165, 1.54) is 55.6 Å². The summed E-state index contributed by atoms with van der Waals surface area (Å²) < 4.78 is 0. The van der Waals surface area contributed by atoms with Gasteiger partial charge in [0.25, 0.3) is 0 Å². The summed E-state index contributed by atoms with van der Waals surface area (Å²) in [5.41, 5.74) is 15.3. The first-order valence-corrected chi connectivity index (χ1v) is 17.4. The molecule has 0 bridgehead atoms. The van der Waals surface area contributed by atoms with Gasteiger partial charge in [-0.25, -0.2) is 0 Å². The van der Waals surface area contributed by atoms with Crippen LogP contribution in [-0.4, -0.2) is 5.11 Å². The van der Waals surface area contributed by atoms with Gasteiger partial charge in [-0.1, -0.05) is 160 Å². The molecule has 0 aromatic heterocycles. The van der Waals surface area contributed by atoms with E-state index in [2.05, 4.69) is 160 Å². The molecule has 1 heteroatoms. The van der Waals surface area contributed by atoms with Gasteiger partial charge in [-0.15, -0.1) is 0 Å². The highest BCUT2D eigenvalue weighted by molar-refractivity contribution is 5.47. The largest absolute Gasteiger partial charge is 0.507 e. The summed E-state index contributed by atoms with van der Waals surface area (Å²) in [6, 6.07) is 51.3. The predicted octanol–water partition coefficient (Wildman–Crippen LogP) is 11.1. The van der Waals surface area contributed by atoms with Gasteiger partial charge in [0.05, 0.1) is 0 Å². The summed E-state index contributed by atoms with van der Waals surface area (Å²) in [6.07, 6.45) is 5.78. The zero-order chi connectivity index (χ0) is 33.5. The van der Waals surface area contributed by atoms with Crippen molar-refractivity contribution >= 4 is 0 Å². The third-order valence-electron chi connectivity index (χ3n) is 9.44. The molecule has 0 aliphatic rings. The molecule has 0 aliphatic heterocycles. The van der Waals surface area contributed by atoms with Crippen LogP contribution in [0, 0.1) is 6.92 Å². The van der Waals surface area contributed by atoms with E-state index in [4.69, 9.17) is 0 Å². The molecule has 1 N–H and O–H groups in total. The lowest BCUT2D eigenvalue weighted by Crippen LogP contribution is -2.12. The molecule has 0 saturated heterocycles. The Morgan fingerprint density at radius 2 is 0.708 bits per heavy atom. The third-order valence-corrected chi connectivity index (χ3v) is 9.44. The third kappa shape index (κ3) is 8.92. The van der Waals surface area contributed by atoms with Crippen LogP contribution in [0.25, 0.3) is 0 Å². The fraction of sp³-hybridized carbons (Fsp3) is 0.234. The Hall–Kier alpha value is -4.88. The van der Waals surface area contributed by atoms with Gasteiger partial charge in [0, 0.05) is 0 Å². The van der Waals surface area contributed by atoms with Crippen molar-refractivity contribution < 1.29 is 5.11 Å². The Balaban J connectivity index is 0.979. The van der Waals surface area contributed by atoms with E-state index in [1.54, 1.807) is 0 Å². The lowest BCUT2D eigenvalue weighted by molar-refractivity contribution is 0.442. The van der Waals surface area contributed by atoms with Crippen LogP contribution in [0.15, 0.2) is 140 Å². The second kappa shape index (κ2) is 14.9. The maximum Gasteiger partial charge on any atom is 0.122 e. The number of rotatable bonds is 11. The first-order valence-electron chi connectivity index (χ1n) is 17.4. The molecule has 0 aliphatic carbocycles. The van der Waals surface area contributed by atoms with E-state index < -0.39 is 0 Å². The van der Waals surface area contributed by atoms with E-state index in [1.807, 2.05) is 6.92 Å². The van der Waals surface area contributed by atoms with Crippen molar-refractivity contribution in [2.45, 2.75) is 71.6 Å². The zero-order valence-electron chi connectivity index (χ0n) is 29.0. The lowest BCUT2D eigenvalue weighted by atomic mass is 9.83. The molecule has 242 valence electrons. The van der Waals surface area contributed by atoms with Crippen molar-refractivity contribution in [1.29, 1.82) is 0 Å². The number of benzene rings is 6. The second-order valence-corrected chi connectivity index (χ2v) is 14.5. The van der Waals surface area contributed by atoms with Crippen molar-refractivity contribution in [3.8, 4) is 5.75 Å². The summed E-state index contributed by atoms with van der Waals surface area (Å²) in [6.45, 7) is 8.47. The lowest BCUT2D eigenvalue weighted by Gasteiger charge is -2.22. The number of hydrogen-bond acceptors (Lipinski definition) is 1. The van der Waals surface area contributed by atoms with E-state index in [0.29, 0.717) is 5.75 Å².